The van der Waals surface area contributed by atoms with Gasteiger partial charge in [-0.1, -0.05) is 0 Å². The lowest BCUT2D eigenvalue weighted by atomic mass is 9.77. The molecule has 2 saturated carbocycles. The summed E-state index contributed by atoms with van der Waals surface area (Å²) < 4.78 is 5.65. The highest BCUT2D eigenvalue weighted by Gasteiger charge is 2.47. The van der Waals surface area contributed by atoms with Gasteiger partial charge in [0.15, 0.2) is 0 Å². The van der Waals surface area contributed by atoms with Crippen LogP contribution in [0.1, 0.15) is 38.5 Å². The molecule has 3 rings (SSSR count). The van der Waals surface area contributed by atoms with E-state index in [9.17, 15) is 14.7 Å². The quantitative estimate of drug-likeness (QED) is 0.705. The zero-order valence-electron chi connectivity index (χ0n) is 10.9. The van der Waals surface area contributed by atoms with Crippen LogP contribution in [0, 0.1) is 5.92 Å². The number of nitrogens with one attached hydrogen (secondary N) is 2. The molecule has 2 amide bonds. The molecule has 0 aromatic rings. The first-order chi connectivity index (χ1) is 9.11. The molecule has 0 aromatic carbocycles. The molecular formula is C13H20N2O4. The van der Waals surface area contributed by atoms with Gasteiger partial charge in [-0.3, -0.25) is 0 Å². The van der Waals surface area contributed by atoms with Crippen molar-refractivity contribution in [2.45, 2.75) is 56.2 Å². The summed E-state index contributed by atoms with van der Waals surface area (Å²) in [5.41, 5.74) is -1.04. The van der Waals surface area contributed by atoms with Crippen LogP contribution in [0.3, 0.4) is 0 Å². The summed E-state index contributed by atoms with van der Waals surface area (Å²) in [4.78, 5) is 23.2. The Morgan fingerprint density at radius 1 is 1.21 bits per heavy atom. The zero-order chi connectivity index (χ0) is 13.5. The smallest absolute Gasteiger partial charge is 0.329 e. The molecule has 3 aliphatic rings. The van der Waals surface area contributed by atoms with Gasteiger partial charge >= 0.3 is 12.0 Å². The lowest BCUT2D eigenvalue weighted by Crippen LogP contribution is -2.62. The van der Waals surface area contributed by atoms with Crippen LogP contribution in [-0.4, -0.2) is 41.4 Å². The lowest BCUT2D eigenvalue weighted by Gasteiger charge is -2.38. The van der Waals surface area contributed by atoms with Crippen LogP contribution < -0.4 is 10.6 Å². The highest BCUT2D eigenvalue weighted by atomic mass is 16.5. The summed E-state index contributed by atoms with van der Waals surface area (Å²) in [5, 5.41) is 14.7. The van der Waals surface area contributed by atoms with Crippen LogP contribution in [-0.2, 0) is 9.53 Å². The zero-order valence-corrected chi connectivity index (χ0v) is 10.9. The second-order valence-electron chi connectivity index (χ2n) is 5.91. The average molecular weight is 268 g/mol. The summed E-state index contributed by atoms with van der Waals surface area (Å²) in [6.45, 7) is 0.677. The number of carbonyl (C=O) groups excluding carboxylic acids is 1. The minimum absolute atomic E-state index is 0.0263. The number of amides is 2. The number of aliphatic carboxylic acids is 1. The Morgan fingerprint density at radius 3 is 2.47 bits per heavy atom. The Kier molecular flexibility index (Phi) is 3.12. The van der Waals surface area contributed by atoms with Crippen molar-refractivity contribution in [1.82, 2.24) is 10.6 Å². The standard InChI is InChI=1S/C13H20N2O4/c16-11(17)13(5-1-6-13)15-12(18)14-9-4-7-19-10(9)8-2-3-8/h8-10H,1-7H2,(H,16,17)(H2,14,15,18). The van der Waals surface area contributed by atoms with Crippen LogP contribution in [0.15, 0.2) is 0 Å². The molecule has 6 nitrogen and oxygen atoms in total. The first-order valence-corrected chi connectivity index (χ1v) is 7.04. The fourth-order valence-corrected chi connectivity index (χ4v) is 3.00. The van der Waals surface area contributed by atoms with Crippen molar-refractivity contribution in [1.29, 1.82) is 0 Å². The number of urea groups is 1. The van der Waals surface area contributed by atoms with Crippen molar-refractivity contribution >= 4 is 12.0 Å². The van der Waals surface area contributed by atoms with E-state index in [4.69, 9.17) is 4.74 Å². The Morgan fingerprint density at radius 2 is 1.95 bits per heavy atom. The van der Waals surface area contributed by atoms with E-state index in [0.29, 0.717) is 25.4 Å². The van der Waals surface area contributed by atoms with Gasteiger partial charge in [-0.05, 0) is 44.4 Å². The molecule has 2 unspecified atom stereocenters. The van der Waals surface area contributed by atoms with E-state index in [-0.39, 0.29) is 18.2 Å². The lowest BCUT2D eigenvalue weighted by molar-refractivity contribution is -0.148. The number of hydrogen-bond donors (Lipinski definition) is 3. The van der Waals surface area contributed by atoms with E-state index in [2.05, 4.69) is 10.6 Å². The predicted octanol–water partition coefficient (Wildman–Crippen LogP) is 0.860. The molecule has 1 saturated heterocycles. The van der Waals surface area contributed by atoms with Gasteiger partial charge in [-0.15, -0.1) is 0 Å². The normalized spacial score (nSPS) is 32.4. The van der Waals surface area contributed by atoms with Crippen molar-refractivity contribution in [2.75, 3.05) is 6.61 Å². The first kappa shape index (κ1) is 12.7. The van der Waals surface area contributed by atoms with Crippen LogP contribution in [0.4, 0.5) is 4.79 Å². The topological polar surface area (TPSA) is 87.7 Å². The van der Waals surface area contributed by atoms with Gasteiger partial charge in [0.05, 0.1) is 12.1 Å². The molecule has 1 aliphatic heterocycles. The minimum atomic E-state index is -1.04. The van der Waals surface area contributed by atoms with Gasteiger partial charge in [0.25, 0.3) is 0 Å². The maximum atomic E-state index is 12.0. The summed E-state index contributed by atoms with van der Waals surface area (Å²) in [6.07, 6.45) is 5.16. The monoisotopic (exact) mass is 268 g/mol. The van der Waals surface area contributed by atoms with Crippen LogP contribution in [0.5, 0.6) is 0 Å². The molecule has 2 atom stereocenters. The largest absolute Gasteiger partial charge is 0.480 e. The van der Waals surface area contributed by atoms with E-state index in [1.54, 1.807) is 0 Å². The number of carboxylic acids is 1. The molecule has 0 aromatic heterocycles. The molecule has 0 spiro atoms. The van der Waals surface area contributed by atoms with E-state index >= 15 is 0 Å². The molecule has 0 radical (unpaired) electrons. The minimum Gasteiger partial charge on any atom is -0.480 e. The van der Waals surface area contributed by atoms with Crippen molar-refractivity contribution < 1.29 is 19.4 Å². The molecule has 19 heavy (non-hydrogen) atoms. The number of ether oxygens (including phenoxy) is 1. The average Bonchev–Trinajstić information content (AvgIpc) is 3.05. The molecule has 1 heterocycles. The fourth-order valence-electron chi connectivity index (χ4n) is 3.00. The third-order valence-corrected chi connectivity index (χ3v) is 4.51. The van der Waals surface area contributed by atoms with E-state index in [0.717, 1.165) is 12.8 Å². The number of rotatable bonds is 4. The van der Waals surface area contributed by atoms with Gasteiger partial charge in [0.1, 0.15) is 5.54 Å². The molecule has 6 heteroatoms. The SMILES string of the molecule is O=C(NC1CCOC1C1CC1)NC1(C(=O)O)CCC1. The van der Waals surface area contributed by atoms with Gasteiger partial charge in [-0.25, -0.2) is 9.59 Å². The van der Waals surface area contributed by atoms with E-state index < -0.39 is 11.5 Å². The third-order valence-electron chi connectivity index (χ3n) is 4.51. The Bertz CT molecular complexity index is 390. The molecule has 0 bridgehead atoms. The molecule has 2 aliphatic carbocycles. The van der Waals surface area contributed by atoms with Crippen LogP contribution in [0.25, 0.3) is 0 Å². The number of hydrogen-bond acceptors (Lipinski definition) is 3. The number of carbonyl (C=O) groups is 2. The van der Waals surface area contributed by atoms with Crippen molar-refractivity contribution in [3.63, 3.8) is 0 Å². The second kappa shape index (κ2) is 4.67. The van der Waals surface area contributed by atoms with Crippen LogP contribution in [0.2, 0.25) is 0 Å². The predicted molar refractivity (Wildman–Crippen MR) is 66.8 cm³/mol. The maximum Gasteiger partial charge on any atom is 0.329 e. The first-order valence-electron chi connectivity index (χ1n) is 7.04. The van der Waals surface area contributed by atoms with E-state index in [1.807, 2.05) is 0 Å². The molecular weight excluding hydrogens is 248 g/mol. The second-order valence-corrected chi connectivity index (χ2v) is 5.91. The maximum absolute atomic E-state index is 12.0. The van der Waals surface area contributed by atoms with Gasteiger partial charge < -0.3 is 20.5 Å². The summed E-state index contributed by atoms with van der Waals surface area (Å²) in [5.74, 6) is -0.361. The highest BCUT2D eigenvalue weighted by molar-refractivity contribution is 5.87. The summed E-state index contributed by atoms with van der Waals surface area (Å²) in [7, 11) is 0. The molecule has 3 N–H and O–H groups in total. The molecule has 106 valence electrons. The van der Waals surface area contributed by atoms with Gasteiger partial charge in [-0.2, -0.15) is 0 Å². The van der Waals surface area contributed by atoms with E-state index in [1.165, 1.54) is 12.8 Å². The Hall–Kier alpha value is -1.30. The Balaban J connectivity index is 1.54. The van der Waals surface area contributed by atoms with Gasteiger partial charge in [0, 0.05) is 6.61 Å². The fraction of sp³-hybridized carbons (Fsp3) is 0.846. The Labute approximate surface area is 111 Å². The van der Waals surface area contributed by atoms with Crippen molar-refractivity contribution in [3.8, 4) is 0 Å². The van der Waals surface area contributed by atoms with Gasteiger partial charge in [0.2, 0.25) is 0 Å². The highest BCUT2D eigenvalue weighted by Crippen LogP contribution is 2.38. The van der Waals surface area contributed by atoms with Crippen molar-refractivity contribution in [3.05, 3.63) is 0 Å². The van der Waals surface area contributed by atoms with Crippen LogP contribution >= 0.6 is 0 Å². The van der Waals surface area contributed by atoms with Crippen molar-refractivity contribution in [2.24, 2.45) is 5.92 Å². The summed E-state index contributed by atoms with van der Waals surface area (Å²) in [6, 6.07) is -0.346. The molecule has 3 fully saturated rings. The third kappa shape index (κ3) is 2.41. The summed E-state index contributed by atoms with van der Waals surface area (Å²) >= 11 is 0. The number of carboxylic acid groups (broad SMARTS) is 1.